The number of primary sulfonamides is 1. The second kappa shape index (κ2) is 6.74. The van der Waals surface area contributed by atoms with Crippen molar-refractivity contribution >= 4 is 43.2 Å². The number of fused-ring (bicyclic) bond motifs is 1. The highest BCUT2D eigenvalue weighted by Crippen LogP contribution is 2.30. The molecule has 0 spiro atoms. The Morgan fingerprint density at radius 1 is 1.28 bits per heavy atom. The Morgan fingerprint density at radius 3 is 2.72 bits per heavy atom. The Labute approximate surface area is 153 Å². The number of rotatable bonds is 4. The molecule has 0 aliphatic carbocycles. The van der Waals surface area contributed by atoms with Crippen molar-refractivity contribution in [3.05, 3.63) is 52.3 Å². The summed E-state index contributed by atoms with van der Waals surface area (Å²) in [6, 6.07) is 8.97. The summed E-state index contributed by atoms with van der Waals surface area (Å²) < 4.78 is 37.4. The molecule has 0 fully saturated rings. The van der Waals surface area contributed by atoms with Crippen molar-refractivity contribution in [3.63, 3.8) is 0 Å². The molecular weight excluding hydrogens is 413 g/mol. The lowest BCUT2D eigenvalue weighted by Gasteiger charge is -2.19. The maximum absolute atomic E-state index is 13.8. The lowest BCUT2D eigenvalue weighted by Crippen LogP contribution is -2.32. The molecule has 0 atom stereocenters. The minimum atomic E-state index is -3.82. The predicted molar refractivity (Wildman–Crippen MR) is 96.5 cm³/mol. The molecule has 1 aliphatic rings. The number of hydrogen-bond acceptors (Lipinski definition) is 4. The lowest BCUT2D eigenvalue weighted by molar-refractivity contribution is -0.115. The maximum Gasteiger partial charge on any atom is 0.243 e. The fourth-order valence-corrected chi connectivity index (χ4v) is 3.59. The van der Waals surface area contributed by atoms with Crippen molar-refractivity contribution < 1.29 is 17.6 Å². The van der Waals surface area contributed by atoms with Crippen molar-refractivity contribution in [2.75, 3.05) is 23.3 Å². The van der Waals surface area contributed by atoms with E-state index in [1.54, 1.807) is 17.0 Å². The van der Waals surface area contributed by atoms with Gasteiger partial charge in [-0.1, -0.05) is 22.0 Å². The van der Waals surface area contributed by atoms with Gasteiger partial charge in [0, 0.05) is 16.7 Å². The van der Waals surface area contributed by atoms with E-state index in [1.807, 2.05) is 0 Å². The quantitative estimate of drug-likeness (QED) is 0.782. The SMILES string of the molecule is NS(=O)(=O)c1ccc2c(c1)N(CC(=O)Nc1ccc(Br)cc1F)CC2. The first-order valence-electron chi connectivity index (χ1n) is 7.39. The first kappa shape index (κ1) is 17.8. The van der Waals surface area contributed by atoms with Crippen molar-refractivity contribution in [1.29, 1.82) is 0 Å². The highest BCUT2D eigenvalue weighted by Gasteiger charge is 2.23. The minimum absolute atomic E-state index is 0.00230. The first-order chi connectivity index (χ1) is 11.7. The molecule has 0 aromatic heterocycles. The highest BCUT2D eigenvalue weighted by molar-refractivity contribution is 9.10. The van der Waals surface area contributed by atoms with Gasteiger partial charge in [0.05, 0.1) is 17.1 Å². The Balaban J connectivity index is 1.76. The number of nitrogens with one attached hydrogen (secondary N) is 1. The average Bonchev–Trinajstić information content (AvgIpc) is 2.91. The molecule has 3 rings (SSSR count). The molecule has 2 aromatic carbocycles. The number of halogens is 2. The third kappa shape index (κ3) is 4.00. The molecule has 0 unspecified atom stereocenters. The molecule has 9 heteroatoms. The largest absolute Gasteiger partial charge is 0.362 e. The molecule has 1 heterocycles. The molecule has 132 valence electrons. The van der Waals surface area contributed by atoms with Crippen LogP contribution in [0.4, 0.5) is 15.8 Å². The van der Waals surface area contributed by atoms with E-state index in [0.29, 0.717) is 23.1 Å². The van der Waals surface area contributed by atoms with Gasteiger partial charge in [-0.05, 0) is 42.3 Å². The van der Waals surface area contributed by atoms with Gasteiger partial charge in [0.15, 0.2) is 0 Å². The molecule has 0 saturated heterocycles. The molecule has 3 N–H and O–H groups in total. The van der Waals surface area contributed by atoms with E-state index in [-0.39, 0.29) is 17.1 Å². The van der Waals surface area contributed by atoms with Crippen LogP contribution in [0.25, 0.3) is 0 Å². The van der Waals surface area contributed by atoms with Crippen LogP contribution in [0.2, 0.25) is 0 Å². The highest BCUT2D eigenvalue weighted by atomic mass is 79.9. The molecule has 25 heavy (non-hydrogen) atoms. The summed E-state index contributed by atoms with van der Waals surface area (Å²) >= 11 is 3.15. The number of anilines is 2. The molecule has 2 aromatic rings. The second-order valence-corrected chi connectivity index (χ2v) is 8.16. The van der Waals surface area contributed by atoms with Gasteiger partial charge in [-0.3, -0.25) is 4.79 Å². The number of benzene rings is 2. The molecular formula is C16H15BrFN3O3S. The van der Waals surface area contributed by atoms with E-state index >= 15 is 0 Å². The van der Waals surface area contributed by atoms with Gasteiger partial charge < -0.3 is 10.2 Å². The van der Waals surface area contributed by atoms with Crippen LogP contribution in [0.5, 0.6) is 0 Å². The second-order valence-electron chi connectivity index (χ2n) is 5.68. The van der Waals surface area contributed by atoms with Crippen molar-refractivity contribution in [2.24, 2.45) is 5.14 Å². The molecule has 0 radical (unpaired) electrons. The molecule has 1 amide bonds. The average molecular weight is 428 g/mol. The summed E-state index contributed by atoms with van der Waals surface area (Å²) in [6.45, 7) is 0.552. The van der Waals surface area contributed by atoms with E-state index in [4.69, 9.17) is 5.14 Å². The molecule has 6 nitrogen and oxygen atoms in total. The molecule has 1 aliphatic heterocycles. The Hall–Kier alpha value is -1.97. The van der Waals surface area contributed by atoms with Gasteiger partial charge in [-0.2, -0.15) is 0 Å². The number of amides is 1. The van der Waals surface area contributed by atoms with Crippen molar-refractivity contribution in [1.82, 2.24) is 0 Å². The van der Waals surface area contributed by atoms with Crippen LogP contribution in [0.15, 0.2) is 45.8 Å². The van der Waals surface area contributed by atoms with Crippen LogP contribution in [0, 0.1) is 5.82 Å². The lowest BCUT2D eigenvalue weighted by atomic mass is 10.2. The summed E-state index contributed by atoms with van der Waals surface area (Å²) in [6.07, 6.45) is 0.695. The molecule has 0 saturated carbocycles. The van der Waals surface area contributed by atoms with Crippen molar-refractivity contribution in [2.45, 2.75) is 11.3 Å². The van der Waals surface area contributed by atoms with E-state index in [9.17, 15) is 17.6 Å². The van der Waals surface area contributed by atoms with Crippen LogP contribution in [-0.2, 0) is 21.2 Å². The van der Waals surface area contributed by atoms with Gasteiger partial charge in [0.25, 0.3) is 0 Å². The minimum Gasteiger partial charge on any atom is -0.362 e. The van der Waals surface area contributed by atoms with Crippen LogP contribution in [0.3, 0.4) is 0 Å². The van der Waals surface area contributed by atoms with E-state index < -0.39 is 21.7 Å². The number of nitrogens with two attached hydrogens (primary N) is 1. The van der Waals surface area contributed by atoms with Gasteiger partial charge in [-0.25, -0.2) is 17.9 Å². The number of carbonyl (C=O) groups is 1. The van der Waals surface area contributed by atoms with Crippen LogP contribution >= 0.6 is 15.9 Å². The smallest absolute Gasteiger partial charge is 0.243 e. The zero-order valence-corrected chi connectivity index (χ0v) is 15.4. The number of sulfonamides is 1. The standard InChI is InChI=1S/C16H15BrFN3O3S/c17-11-2-4-14(13(18)7-11)20-16(22)9-21-6-5-10-1-3-12(8-15(10)21)25(19,23)24/h1-4,7-8H,5-6,9H2,(H,20,22)(H2,19,23,24). The van der Waals surface area contributed by atoms with E-state index in [0.717, 1.165) is 5.56 Å². The number of carbonyl (C=O) groups excluding carboxylic acids is 1. The summed E-state index contributed by atoms with van der Waals surface area (Å²) in [5.41, 5.74) is 1.68. The fraction of sp³-hybridized carbons (Fsp3) is 0.188. The number of nitrogens with zero attached hydrogens (tertiary/aromatic N) is 1. The normalized spacial score (nSPS) is 13.6. The predicted octanol–water partition coefficient (Wildman–Crippen LogP) is 2.24. The van der Waals surface area contributed by atoms with Crippen LogP contribution in [-0.4, -0.2) is 27.4 Å². The summed E-state index contributed by atoms with van der Waals surface area (Å²) in [7, 11) is -3.82. The van der Waals surface area contributed by atoms with E-state index in [1.165, 1.54) is 24.3 Å². The van der Waals surface area contributed by atoms with Gasteiger partial charge in [0.1, 0.15) is 5.82 Å². The first-order valence-corrected chi connectivity index (χ1v) is 9.73. The maximum atomic E-state index is 13.8. The fourth-order valence-electron chi connectivity index (χ4n) is 2.72. The molecule has 0 bridgehead atoms. The summed E-state index contributed by atoms with van der Waals surface area (Å²) in [4.78, 5) is 14.0. The Morgan fingerprint density at radius 2 is 2.04 bits per heavy atom. The summed E-state index contributed by atoms with van der Waals surface area (Å²) in [5, 5.41) is 7.68. The van der Waals surface area contributed by atoms with E-state index in [2.05, 4.69) is 21.2 Å². The Bertz CT molecular complexity index is 950. The third-order valence-electron chi connectivity index (χ3n) is 3.92. The van der Waals surface area contributed by atoms with Gasteiger partial charge >= 0.3 is 0 Å². The zero-order valence-electron chi connectivity index (χ0n) is 13.0. The van der Waals surface area contributed by atoms with Crippen molar-refractivity contribution in [3.8, 4) is 0 Å². The van der Waals surface area contributed by atoms with Gasteiger partial charge in [-0.15, -0.1) is 0 Å². The zero-order chi connectivity index (χ0) is 18.2. The third-order valence-corrected chi connectivity index (χ3v) is 5.32. The topological polar surface area (TPSA) is 92.5 Å². The monoisotopic (exact) mass is 427 g/mol. The van der Waals surface area contributed by atoms with Crippen LogP contribution < -0.4 is 15.4 Å². The van der Waals surface area contributed by atoms with Gasteiger partial charge in [0.2, 0.25) is 15.9 Å². The number of hydrogen-bond donors (Lipinski definition) is 2. The Kier molecular flexibility index (Phi) is 4.81. The summed E-state index contributed by atoms with van der Waals surface area (Å²) in [5.74, 6) is -0.934. The van der Waals surface area contributed by atoms with Crippen LogP contribution in [0.1, 0.15) is 5.56 Å².